The number of halogens is 1. The van der Waals surface area contributed by atoms with Crippen molar-refractivity contribution in [2.75, 3.05) is 31.7 Å². The maximum Gasteiger partial charge on any atom is 0.146 e. The van der Waals surface area contributed by atoms with E-state index >= 15 is 0 Å². The van der Waals surface area contributed by atoms with E-state index < -0.39 is 6.10 Å². The van der Waals surface area contributed by atoms with E-state index in [1.54, 1.807) is 6.07 Å². The molecule has 2 atom stereocenters. The number of hydrogen-bond donors (Lipinski definition) is 2. The van der Waals surface area contributed by atoms with Gasteiger partial charge in [-0.15, -0.1) is 0 Å². The zero-order valence-electron chi connectivity index (χ0n) is 11.8. The fourth-order valence-electron chi connectivity index (χ4n) is 2.25. The Morgan fingerprint density at radius 2 is 2.40 bits per heavy atom. The quantitative estimate of drug-likeness (QED) is 0.804. The maximum absolute atomic E-state index is 13.6. The average molecular weight is 283 g/mol. The van der Waals surface area contributed by atoms with Crippen LogP contribution in [0.3, 0.4) is 0 Å². The summed E-state index contributed by atoms with van der Waals surface area (Å²) < 4.78 is 24.4. The number of aliphatic hydroxyl groups is 1. The maximum atomic E-state index is 13.6. The van der Waals surface area contributed by atoms with Crippen molar-refractivity contribution in [1.82, 2.24) is 0 Å². The third-order valence-corrected chi connectivity index (χ3v) is 3.37. The van der Waals surface area contributed by atoms with Gasteiger partial charge in [0.1, 0.15) is 5.82 Å². The second kappa shape index (κ2) is 7.57. The molecule has 0 spiro atoms. The van der Waals surface area contributed by atoms with Crippen molar-refractivity contribution < 1.29 is 19.0 Å². The first-order valence-electron chi connectivity index (χ1n) is 7.03. The highest BCUT2D eigenvalue weighted by molar-refractivity contribution is 5.51. The summed E-state index contributed by atoms with van der Waals surface area (Å²) in [5, 5.41) is 12.7. The van der Waals surface area contributed by atoms with Crippen molar-refractivity contribution >= 4 is 5.69 Å². The topological polar surface area (TPSA) is 50.7 Å². The van der Waals surface area contributed by atoms with Crippen LogP contribution in [0.1, 0.15) is 18.4 Å². The smallest absolute Gasteiger partial charge is 0.146 e. The van der Waals surface area contributed by atoms with Crippen LogP contribution in [0.2, 0.25) is 0 Å². The third kappa shape index (κ3) is 4.44. The molecule has 0 aromatic heterocycles. The van der Waals surface area contributed by atoms with E-state index in [9.17, 15) is 9.50 Å². The average Bonchev–Trinajstić information content (AvgIpc) is 2.91. The predicted octanol–water partition coefficient (Wildman–Crippen LogP) is 2.10. The van der Waals surface area contributed by atoms with Gasteiger partial charge in [-0.3, -0.25) is 0 Å². The summed E-state index contributed by atoms with van der Waals surface area (Å²) in [5.41, 5.74) is 1.25. The molecule has 0 radical (unpaired) electrons. The molecule has 1 aliphatic heterocycles. The fraction of sp³-hybridized carbons (Fsp3) is 0.600. The third-order valence-electron chi connectivity index (χ3n) is 3.37. The molecule has 2 unspecified atom stereocenters. The number of rotatable bonds is 7. The Morgan fingerprint density at radius 1 is 1.55 bits per heavy atom. The van der Waals surface area contributed by atoms with Crippen LogP contribution in [0.15, 0.2) is 18.2 Å². The van der Waals surface area contributed by atoms with Gasteiger partial charge in [-0.1, -0.05) is 12.1 Å². The van der Waals surface area contributed by atoms with Gasteiger partial charge in [0.25, 0.3) is 0 Å². The molecule has 0 amide bonds. The zero-order chi connectivity index (χ0) is 14.4. The Labute approximate surface area is 118 Å². The molecule has 1 heterocycles. The van der Waals surface area contributed by atoms with E-state index in [4.69, 9.17) is 9.47 Å². The first-order chi connectivity index (χ1) is 9.66. The molecular weight excluding hydrogens is 261 g/mol. The predicted molar refractivity (Wildman–Crippen MR) is 75.4 cm³/mol. The second-order valence-electron chi connectivity index (χ2n) is 5.14. The largest absolute Gasteiger partial charge is 0.389 e. The molecule has 1 saturated heterocycles. The van der Waals surface area contributed by atoms with Gasteiger partial charge in [-0.25, -0.2) is 4.39 Å². The van der Waals surface area contributed by atoms with Crippen molar-refractivity contribution in [1.29, 1.82) is 0 Å². The van der Waals surface area contributed by atoms with Gasteiger partial charge < -0.3 is 19.9 Å². The molecule has 1 aromatic rings. The molecular formula is C15H22FNO3. The van der Waals surface area contributed by atoms with Gasteiger partial charge in [0.15, 0.2) is 0 Å². The Kier molecular flexibility index (Phi) is 5.76. The molecule has 1 fully saturated rings. The van der Waals surface area contributed by atoms with Gasteiger partial charge >= 0.3 is 0 Å². The lowest BCUT2D eigenvalue weighted by atomic mass is 10.2. The van der Waals surface area contributed by atoms with E-state index in [-0.39, 0.29) is 25.1 Å². The lowest BCUT2D eigenvalue weighted by Gasteiger charge is -2.16. The Hall–Kier alpha value is -1.17. The fourth-order valence-corrected chi connectivity index (χ4v) is 2.25. The van der Waals surface area contributed by atoms with Crippen molar-refractivity contribution in [3.8, 4) is 0 Å². The van der Waals surface area contributed by atoms with E-state index in [0.29, 0.717) is 12.3 Å². The molecule has 1 aliphatic rings. The van der Waals surface area contributed by atoms with Gasteiger partial charge in [-0.05, 0) is 31.4 Å². The van der Waals surface area contributed by atoms with Crippen LogP contribution in [-0.2, 0) is 9.47 Å². The summed E-state index contributed by atoms with van der Waals surface area (Å²) in [7, 11) is 0. The number of aliphatic hydroxyl groups excluding tert-OH is 1. The van der Waals surface area contributed by atoms with Crippen LogP contribution in [0.4, 0.5) is 10.1 Å². The van der Waals surface area contributed by atoms with E-state index in [2.05, 4.69) is 5.32 Å². The first kappa shape index (κ1) is 15.2. The van der Waals surface area contributed by atoms with Crippen LogP contribution in [-0.4, -0.2) is 43.7 Å². The summed E-state index contributed by atoms with van der Waals surface area (Å²) in [6.45, 7) is 3.61. The van der Waals surface area contributed by atoms with E-state index in [0.717, 1.165) is 25.0 Å². The number of nitrogens with one attached hydrogen (secondary N) is 1. The van der Waals surface area contributed by atoms with Crippen LogP contribution in [0, 0.1) is 12.7 Å². The van der Waals surface area contributed by atoms with Gasteiger partial charge in [0.05, 0.1) is 31.1 Å². The summed E-state index contributed by atoms with van der Waals surface area (Å²) in [5.74, 6) is -0.308. The SMILES string of the molecule is Cc1cccc(F)c1NCC(O)COCC1CCCO1. The minimum absolute atomic E-state index is 0.156. The van der Waals surface area contributed by atoms with Crippen molar-refractivity contribution in [3.63, 3.8) is 0 Å². The highest BCUT2D eigenvalue weighted by atomic mass is 19.1. The number of aryl methyl sites for hydroxylation is 1. The van der Waals surface area contributed by atoms with Crippen molar-refractivity contribution in [2.24, 2.45) is 0 Å². The van der Waals surface area contributed by atoms with Crippen molar-refractivity contribution in [3.05, 3.63) is 29.6 Å². The van der Waals surface area contributed by atoms with Gasteiger partial charge in [0.2, 0.25) is 0 Å². The molecule has 2 rings (SSSR count). The Morgan fingerprint density at radius 3 is 3.10 bits per heavy atom. The number of hydrogen-bond acceptors (Lipinski definition) is 4. The van der Waals surface area contributed by atoms with Crippen LogP contribution in [0.5, 0.6) is 0 Å². The minimum atomic E-state index is -0.671. The number of para-hydroxylation sites is 1. The number of benzene rings is 1. The summed E-state index contributed by atoms with van der Waals surface area (Å²) in [6.07, 6.45) is 1.58. The minimum Gasteiger partial charge on any atom is -0.389 e. The summed E-state index contributed by atoms with van der Waals surface area (Å²) >= 11 is 0. The standard InChI is InChI=1S/C15H22FNO3/c1-11-4-2-6-14(16)15(11)17-8-12(18)9-19-10-13-5-3-7-20-13/h2,4,6,12-13,17-18H,3,5,7-10H2,1H3. The summed E-state index contributed by atoms with van der Waals surface area (Å²) in [6, 6.07) is 4.89. The first-order valence-corrected chi connectivity index (χ1v) is 7.03. The second-order valence-corrected chi connectivity index (χ2v) is 5.14. The molecule has 5 heteroatoms. The molecule has 112 valence electrons. The Balaban J connectivity index is 1.68. The van der Waals surface area contributed by atoms with Crippen molar-refractivity contribution in [2.45, 2.75) is 32.0 Å². The number of anilines is 1. The molecule has 20 heavy (non-hydrogen) atoms. The number of ether oxygens (including phenoxy) is 2. The van der Waals surface area contributed by atoms with Gasteiger partial charge in [0, 0.05) is 13.2 Å². The van der Waals surface area contributed by atoms with E-state index in [1.807, 2.05) is 13.0 Å². The normalized spacial score (nSPS) is 20.1. The monoisotopic (exact) mass is 283 g/mol. The van der Waals surface area contributed by atoms with Crippen LogP contribution < -0.4 is 5.32 Å². The molecule has 0 aliphatic carbocycles. The zero-order valence-corrected chi connectivity index (χ0v) is 11.8. The van der Waals surface area contributed by atoms with Gasteiger partial charge in [-0.2, -0.15) is 0 Å². The lowest BCUT2D eigenvalue weighted by Crippen LogP contribution is -2.27. The molecule has 4 nitrogen and oxygen atoms in total. The molecule has 1 aromatic carbocycles. The van der Waals surface area contributed by atoms with Crippen LogP contribution >= 0.6 is 0 Å². The van der Waals surface area contributed by atoms with E-state index in [1.165, 1.54) is 6.07 Å². The highest BCUT2D eigenvalue weighted by Gasteiger charge is 2.16. The Bertz CT molecular complexity index is 401. The molecule has 0 bridgehead atoms. The highest BCUT2D eigenvalue weighted by Crippen LogP contribution is 2.18. The molecule has 0 saturated carbocycles. The summed E-state index contributed by atoms with van der Waals surface area (Å²) in [4.78, 5) is 0. The lowest BCUT2D eigenvalue weighted by molar-refractivity contribution is -0.0137. The van der Waals surface area contributed by atoms with Crippen LogP contribution in [0.25, 0.3) is 0 Å². The molecule has 2 N–H and O–H groups in total.